The zero-order valence-corrected chi connectivity index (χ0v) is 15.2. The van der Waals surface area contributed by atoms with Gasteiger partial charge in [0.15, 0.2) is 11.4 Å². The molecule has 1 fully saturated rings. The van der Waals surface area contributed by atoms with Crippen LogP contribution in [-0.4, -0.2) is 27.4 Å². The van der Waals surface area contributed by atoms with Crippen LogP contribution in [0.5, 0.6) is 0 Å². The minimum atomic E-state index is -4.99. The molecule has 1 amide bonds. The van der Waals surface area contributed by atoms with Gasteiger partial charge in [0.2, 0.25) is 5.91 Å². The van der Waals surface area contributed by atoms with Crippen molar-refractivity contribution in [1.29, 1.82) is 0 Å². The van der Waals surface area contributed by atoms with Crippen LogP contribution in [-0.2, 0) is 10.4 Å². The molecule has 1 saturated carbocycles. The lowest BCUT2D eigenvalue weighted by atomic mass is 9.72. The van der Waals surface area contributed by atoms with Crippen molar-refractivity contribution in [2.24, 2.45) is 5.92 Å². The van der Waals surface area contributed by atoms with Gasteiger partial charge in [-0.05, 0) is 24.3 Å². The monoisotopic (exact) mass is 393 g/mol. The number of carbonyl (C=O) groups is 1. The van der Waals surface area contributed by atoms with Crippen molar-refractivity contribution in [2.75, 3.05) is 5.32 Å². The Hall–Kier alpha value is -2.35. The van der Waals surface area contributed by atoms with Crippen molar-refractivity contribution in [1.82, 2.24) is 10.2 Å². The number of carbonyl (C=O) groups excluding carboxylic acids is 1. The molecule has 8 heteroatoms. The van der Waals surface area contributed by atoms with E-state index in [1.54, 1.807) is 0 Å². The summed E-state index contributed by atoms with van der Waals surface area (Å²) in [6.07, 6.45) is -1.13. The number of benzene rings is 1. The summed E-state index contributed by atoms with van der Waals surface area (Å²) in [6.45, 7) is 0. The number of anilines is 1. The van der Waals surface area contributed by atoms with Crippen LogP contribution >= 0.6 is 0 Å². The van der Waals surface area contributed by atoms with Crippen molar-refractivity contribution in [2.45, 2.75) is 56.2 Å². The number of nitrogens with zero attached hydrogens (tertiary/aromatic N) is 1. The van der Waals surface area contributed by atoms with Crippen molar-refractivity contribution < 1.29 is 23.1 Å². The Morgan fingerprint density at radius 2 is 1.82 bits per heavy atom. The van der Waals surface area contributed by atoms with E-state index in [2.05, 4.69) is 15.5 Å². The molecular formula is C20H22F3N3O2. The summed E-state index contributed by atoms with van der Waals surface area (Å²) < 4.78 is 41.6. The fourth-order valence-electron chi connectivity index (χ4n) is 4.63. The lowest BCUT2D eigenvalue weighted by Crippen LogP contribution is -2.48. The van der Waals surface area contributed by atoms with E-state index in [-0.39, 0.29) is 28.9 Å². The number of aromatic nitrogens is 2. The molecule has 0 bridgehead atoms. The molecule has 2 aliphatic rings. The first kappa shape index (κ1) is 19.0. The molecule has 5 nitrogen and oxygen atoms in total. The van der Waals surface area contributed by atoms with Crippen LogP contribution in [0, 0.1) is 5.92 Å². The van der Waals surface area contributed by atoms with E-state index in [4.69, 9.17) is 0 Å². The highest BCUT2D eigenvalue weighted by Gasteiger charge is 2.61. The van der Waals surface area contributed by atoms with Crippen molar-refractivity contribution in [3.8, 4) is 0 Å². The third-order valence-electron chi connectivity index (χ3n) is 5.94. The number of rotatable bonds is 3. The van der Waals surface area contributed by atoms with Gasteiger partial charge in [-0.25, -0.2) is 0 Å². The molecule has 2 atom stereocenters. The van der Waals surface area contributed by atoms with Gasteiger partial charge in [0.1, 0.15) is 0 Å². The Labute approximate surface area is 160 Å². The molecule has 1 aromatic carbocycles. The van der Waals surface area contributed by atoms with Crippen LogP contribution < -0.4 is 5.32 Å². The molecule has 0 radical (unpaired) electrons. The fourth-order valence-corrected chi connectivity index (χ4v) is 4.63. The molecule has 2 aromatic rings. The average Bonchev–Trinajstić information content (AvgIpc) is 3.07. The molecule has 2 unspecified atom stereocenters. The smallest absolute Gasteiger partial charge is 0.376 e. The lowest BCUT2D eigenvalue weighted by Gasteiger charge is -2.36. The van der Waals surface area contributed by atoms with Crippen LogP contribution in [0.1, 0.15) is 61.3 Å². The highest BCUT2D eigenvalue weighted by molar-refractivity contribution is 5.94. The number of alkyl halides is 3. The zero-order valence-electron chi connectivity index (χ0n) is 15.2. The van der Waals surface area contributed by atoms with Gasteiger partial charge >= 0.3 is 6.18 Å². The number of aromatic amines is 1. The number of H-pyrrole nitrogens is 1. The van der Waals surface area contributed by atoms with Gasteiger partial charge in [0, 0.05) is 5.92 Å². The SMILES string of the molecule is O=C1CC(O)(C(F)(F)F)c2c(n[nH]c2C(c2ccccc2)C2CCCCC2)N1. The van der Waals surface area contributed by atoms with Crippen molar-refractivity contribution in [3.05, 3.63) is 47.2 Å². The first-order valence-corrected chi connectivity index (χ1v) is 9.54. The summed E-state index contributed by atoms with van der Waals surface area (Å²) in [5.74, 6) is -1.36. The molecule has 2 heterocycles. The number of halogens is 3. The maximum absolute atomic E-state index is 13.9. The van der Waals surface area contributed by atoms with Gasteiger partial charge in [-0.3, -0.25) is 9.89 Å². The van der Waals surface area contributed by atoms with Gasteiger partial charge in [0.25, 0.3) is 0 Å². The molecule has 1 aliphatic carbocycles. The summed E-state index contributed by atoms with van der Waals surface area (Å²) in [5, 5.41) is 19.7. The first-order valence-electron chi connectivity index (χ1n) is 9.54. The number of hydrogen-bond acceptors (Lipinski definition) is 3. The third-order valence-corrected chi connectivity index (χ3v) is 5.94. The normalized spacial score (nSPS) is 24.5. The van der Waals surface area contributed by atoms with Gasteiger partial charge in [0.05, 0.1) is 17.7 Å². The Morgan fingerprint density at radius 3 is 2.46 bits per heavy atom. The van der Waals surface area contributed by atoms with Crippen LogP contribution in [0.15, 0.2) is 30.3 Å². The van der Waals surface area contributed by atoms with Crippen LogP contribution in [0.2, 0.25) is 0 Å². The maximum Gasteiger partial charge on any atom is 0.422 e. The van der Waals surface area contributed by atoms with Crippen LogP contribution in [0.25, 0.3) is 0 Å². The number of fused-ring (bicyclic) bond motifs is 1. The minimum Gasteiger partial charge on any atom is -0.376 e. The van der Waals surface area contributed by atoms with Crippen molar-refractivity contribution in [3.63, 3.8) is 0 Å². The Kier molecular flexibility index (Phi) is 4.69. The van der Waals surface area contributed by atoms with E-state index in [0.29, 0.717) is 0 Å². The van der Waals surface area contributed by atoms with Gasteiger partial charge in [-0.2, -0.15) is 18.3 Å². The van der Waals surface area contributed by atoms with Gasteiger partial charge in [-0.15, -0.1) is 0 Å². The Bertz CT molecular complexity index is 859. The number of nitrogens with one attached hydrogen (secondary N) is 2. The van der Waals surface area contributed by atoms with Gasteiger partial charge < -0.3 is 10.4 Å². The van der Waals surface area contributed by atoms with E-state index in [1.807, 2.05) is 30.3 Å². The average molecular weight is 393 g/mol. The highest BCUT2D eigenvalue weighted by Crippen LogP contribution is 2.51. The summed E-state index contributed by atoms with van der Waals surface area (Å²) in [6, 6.07) is 9.34. The lowest BCUT2D eigenvalue weighted by molar-refractivity contribution is -0.267. The molecule has 0 spiro atoms. The molecule has 0 saturated heterocycles. The second kappa shape index (κ2) is 6.92. The molecule has 3 N–H and O–H groups in total. The van der Waals surface area contributed by atoms with E-state index in [9.17, 15) is 23.1 Å². The summed E-state index contributed by atoms with van der Waals surface area (Å²) in [5.41, 5.74) is -2.48. The third kappa shape index (κ3) is 3.09. The minimum absolute atomic E-state index is 0.135. The predicted octanol–water partition coefficient (Wildman–Crippen LogP) is 4.21. The first-order chi connectivity index (χ1) is 13.3. The van der Waals surface area contributed by atoms with Gasteiger partial charge in [-0.1, -0.05) is 49.6 Å². The second-order valence-electron chi connectivity index (χ2n) is 7.73. The van der Waals surface area contributed by atoms with E-state index in [0.717, 1.165) is 37.7 Å². The van der Waals surface area contributed by atoms with E-state index >= 15 is 0 Å². The predicted molar refractivity (Wildman–Crippen MR) is 96.6 cm³/mol. The Morgan fingerprint density at radius 1 is 1.14 bits per heavy atom. The highest BCUT2D eigenvalue weighted by atomic mass is 19.4. The van der Waals surface area contributed by atoms with Crippen LogP contribution in [0.4, 0.5) is 19.0 Å². The largest absolute Gasteiger partial charge is 0.422 e. The summed E-state index contributed by atoms with van der Waals surface area (Å²) >= 11 is 0. The zero-order chi connectivity index (χ0) is 19.9. The molecule has 1 aromatic heterocycles. The standard InChI is InChI=1S/C20H22F3N3O2/c21-20(22,23)19(28)11-14(27)24-18-16(19)17(25-26-18)15(12-7-3-1-4-8-12)13-9-5-2-6-10-13/h1,3-4,7-8,13,15,28H,2,5-6,9-11H2,(H2,24,25,26,27). The second-order valence-corrected chi connectivity index (χ2v) is 7.73. The van der Waals surface area contributed by atoms with Crippen molar-refractivity contribution >= 4 is 11.7 Å². The molecule has 150 valence electrons. The molecular weight excluding hydrogens is 371 g/mol. The molecule has 4 rings (SSSR count). The Balaban J connectivity index is 1.88. The number of aliphatic hydroxyl groups is 1. The topological polar surface area (TPSA) is 78.0 Å². The quantitative estimate of drug-likeness (QED) is 0.731. The van der Waals surface area contributed by atoms with Crippen LogP contribution in [0.3, 0.4) is 0 Å². The number of amides is 1. The van der Waals surface area contributed by atoms with E-state index < -0.39 is 24.1 Å². The fraction of sp³-hybridized carbons (Fsp3) is 0.500. The maximum atomic E-state index is 13.9. The summed E-state index contributed by atoms with van der Waals surface area (Å²) in [7, 11) is 0. The number of hydrogen-bond donors (Lipinski definition) is 3. The summed E-state index contributed by atoms with van der Waals surface area (Å²) in [4.78, 5) is 11.8. The van der Waals surface area contributed by atoms with E-state index in [1.165, 1.54) is 0 Å². The molecule has 28 heavy (non-hydrogen) atoms. The molecule has 1 aliphatic heterocycles.